The van der Waals surface area contributed by atoms with Crippen LogP contribution in [0.15, 0.2) is 18.2 Å². The Morgan fingerprint density at radius 2 is 2.10 bits per heavy atom. The lowest BCUT2D eigenvalue weighted by atomic mass is 10.0. The molecule has 3 rings (SSSR count). The molecule has 2 aromatic rings. The number of aryl methyl sites for hydroxylation is 1. The van der Waals surface area contributed by atoms with Crippen LogP contribution in [0.2, 0.25) is 0 Å². The Kier molecular flexibility index (Phi) is 3.01. The molecule has 0 amide bonds. The van der Waals surface area contributed by atoms with E-state index >= 15 is 0 Å². The van der Waals surface area contributed by atoms with E-state index in [-0.39, 0.29) is 11.5 Å². The van der Waals surface area contributed by atoms with Crippen LogP contribution in [0.3, 0.4) is 0 Å². The molecule has 2 heterocycles. The molecule has 0 bridgehead atoms. The molecule has 1 aliphatic rings. The summed E-state index contributed by atoms with van der Waals surface area (Å²) in [5.74, 6) is 0.767. The zero-order chi connectivity index (χ0) is 15.3. The van der Waals surface area contributed by atoms with Gasteiger partial charge in [0.05, 0.1) is 17.0 Å². The molecule has 1 unspecified atom stereocenters. The summed E-state index contributed by atoms with van der Waals surface area (Å²) in [5, 5.41) is 11.8. The summed E-state index contributed by atoms with van der Waals surface area (Å²) in [6.07, 6.45) is 0.509. The Labute approximate surface area is 123 Å². The van der Waals surface area contributed by atoms with Crippen LogP contribution < -0.4 is 5.73 Å². The summed E-state index contributed by atoms with van der Waals surface area (Å²) in [6.45, 7) is 3.81. The van der Waals surface area contributed by atoms with Crippen LogP contribution in [0.1, 0.15) is 18.9 Å². The molecule has 112 valence electrons. The van der Waals surface area contributed by atoms with E-state index in [1.807, 2.05) is 26.0 Å². The zero-order valence-corrected chi connectivity index (χ0v) is 12.8. The maximum Gasteiger partial charge on any atom is 0.182 e. The van der Waals surface area contributed by atoms with Gasteiger partial charge in [-0.3, -0.25) is 0 Å². The summed E-state index contributed by atoms with van der Waals surface area (Å²) in [4.78, 5) is 0. The van der Waals surface area contributed by atoms with Crippen LogP contribution in [-0.2, 0) is 15.4 Å². The first-order valence-electron chi connectivity index (χ1n) is 6.66. The third-order valence-electron chi connectivity index (χ3n) is 3.82. The molecule has 8 heteroatoms. The minimum absolute atomic E-state index is 0.0549. The van der Waals surface area contributed by atoms with Crippen LogP contribution >= 0.6 is 0 Å². The highest BCUT2D eigenvalue weighted by Crippen LogP contribution is 2.33. The minimum atomic E-state index is -3.04. The molecule has 2 N–H and O–H groups in total. The largest absolute Gasteiger partial charge is 0.399 e. The first-order valence-corrected chi connectivity index (χ1v) is 8.48. The Bertz CT molecular complexity index is 778. The second-order valence-electron chi connectivity index (χ2n) is 5.89. The first kappa shape index (κ1) is 14.0. The van der Waals surface area contributed by atoms with Gasteiger partial charge in [-0.2, -0.15) is 0 Å². The van der Waals surface area contributed by atoms with Gasteiger partial charge < -0.3 is 5.73 Å². The van der Waals surface area contributed by atoms with E-state index in [0.717, 1.165) is 11.1 Å². The van der Waals surface area contributed by atoms with Gasteiger partial charge in [0.2, 0.25) is 0 Å². The van der Waals surface area contributed by atoms with Gasteiger partial charge in [-0.05, 0) is 54.5 Å². The Hall–Kier alpha value is -1.96. The van der Waals surface area contributed by atoms with E-state index in [1.165, 1.54) is 0 Å². The number of rotatable bonds is 2. The molecule has 0 radical (unpaired) electrons. The van der Waals surface area contributed by atoms with Crippen molar-refractivity contribution in [3.8, 4) is 11.4 Å². The molecule has 0 spiro atoms. The lowest BCUT2D eigenvalue weighted by molar-refractivity contribution is 0.325. The fourth-order valence-corrected chi connectivity index (χ4v) is 4.94. The quantitative estimate of drug-likeness (QED) is 0.822. The smallest absolute Gasteiger partial charge is 0.182 e. The van der Waals surface area contributed by atoms with Crippen molar-refractivity contribution in [1.29, 1.82) is 0 Å². The normalized spacial score (nSPS) is 24.3. The molecular weight excluding hydrogens is 290 g/mol. The second kappa shape index (κ2) is 4.52. The number of nitrogens with zero attached hydrogens (tertiary/aromatic N) is 4. The van der Waals surface area contributed by atoms with Crippen LogP contribution in [0.25, 0.3) is 11.4 Å². The number of aromatic nitrogens is 4. The number of anilines is 1. The van der Waals surface area contributed by atoms with Gasteiger partial charge in [-0.15, -0.1) is 5.10 Å². The number of tetrazole rings is 1. The van der Waals surface area contributed by atoms with E-state index in [2.05, 4.69) is 15.5 Å². The molecule has 0 saturated carbocycles. The highest BCUT2D eigenvalue weighted by molar-refractivity contribution is 7.91. The second-order valence-corrected chi connectivity index (χ2v) is 8.07. The van der Waals surface area contributed by atoms with Crippen molar-refractivity contribution in [3.05, 3.63) is 23.8 Å². The van der Waals surface area contributed by atoms with E-state index in [0.29, 0.717) is 17.9 Å². The van der Waals surface area contributed by atoms with Crippen molar-refractivity contribution in [2.75, 3.05) is 17.2 Å². The topological polar surface area (TPSA) is 104 Å². The van der Waals surface area contributed by atoms with Gasteiger partial charge in [-0.25, -0.2) is 13.1 Å². The summed E-state index contributed by atoms with van der Waals surface area (Å²) in [6, 6.07) is 5.59. The molecule has 7 nitrogen and oxygen atoms in total. The molecule has 1 saturated heterocycles. The van der Waals surface area contributed by atoms with E-state index in [1.54, 1.807) is 10.7 Å². The summed E-state index contributed by atoms with van der Waals surface area (Å²) < 4.78 is 25.2. The predicted octanol–water partition coefficient (Wildman–Crippen LogP) is 0.764. The van der Waals surface area contributed by atoms with Crippen molar-refractivity contribution in [1.82, 2.24) is 20.2 Å². The Morgan fingerprint density at radius 1 is 1.33 bits per heavy atom. The zero-order valence-electron chi connectivity index (χ0n) is 11.9. The van der Waals surface area contributed by atoms with Crippen molar-refractivity contribution >= 4 is 15.5 Å². The molecule has 1 fully saturated rings. The number of nitrogen functional groups attached to an aromatic ring is 1. The van der Waals surface area contributed by atoms with Gasteiger partial charge in [0.15, 0.2) is 15.7 Å². The van der Waals surface area contributed by atoms with Gasteiger partial charge >= 0.3 is 0 Å². The van der Waals surface area contributed by atoms with Gasteiger partial charge in [0, 0.05) is 11.3 Å². The lowest BCUT2D eigenvalue weighted by Gasteiger charge is -2.23. The Balaban J connectivity index is 2.10. The third kappa shape index (κ3) is 2.51. The van der Waals surface area contributed by atoms with E-state index < -0.39 is 15.4 Å². The fourth-order valence-electron chi connectivity index (χ4n) is 2.83. The van der Waals surface area contributed by atoms with E-state index in [9.17, 15) is 8.42 Å². The average molecular weight is 307 g/mol. The van der Waals surface area contributed by atoms with Crippen LogP contribution in [-0.4, -0.2) is 40.1 Å². The number of hydrogen-bond donors (Lipinski definition) is 1. The maximum absolute atomic E-state index is 11.8. The minimum Gasteiger partial charge on any atom is -0.399 e. The number of hydrogen-bond acceptors (Lipinski definition) is 6. The molecular formula is C13H17N5O2S. The monoisotopic (exact) mass is 307 g/mol. The lowest BCUT2D eigenvalue weighted by Crippen LogP contribution is -2.33. The van der Waals surface area contributed by atoms with Crippen LogP contribution in [0, 0.1) is 6.92 Å². The highest BCUT2D eigenvalue weighted by Gasteiger charge is 2.42. The summed E-state index contributed by atoms with van der Waals surface area (Å²) in [5.41, 5.74) is 7.68. The number of benzene rings is 1. The van der Waals surface area contributed by atoms with Crippen LogP contribution in [0.5, 0.6) is 0 Å². The summed E-state index contributed by atoms with van der Waals surface area (Å²) in [7, 11) is -3.04. The van der Waals surface area contributed by atoms with E-state index in [4.69, 9.17) is 5.73 Å². The van der Waals surface area contributed by atoms with Crippen molar-refractivity contribution in [3.63, 3.8) is 0 Å². The predicted molar refractivity (Wildman–Crippen MR) is 79.3 cm³/mol. The van der Waals surface area contributed by atoms with Crippen molar-refractivity contribution in [2.24, 2.45) is 0 Å². The average Bonchev–Trinajstić information content (AvgIpc) is 2.93. The maximum atomic E-state index is 11.8. The Morgan fingerprint density at radius 3 is 2.71 bits per heavy atom. The molecule has 0 aliphatic carbocycles. The van der Waals surface area contributed by atoms with Gasteiger partial charge in [-0.1, -0.05) is 0 Å². The molecule has 1 aromatic carbocycles. The fraction of sp³-hybridized carbons (Fsp3) is 0.462. The van der Waals surface area contributed by atoms with Gasteiger partial charge in [0.25, 0.3) is 0 Å². The van der Waals surface area contributed by atoms with Crippen molar-refractivity contribution < 1.29 is 8.42 Å². The third-order valence-corrected chi connectivity index (χ3v) is 5.71. The molecule has 1 atom stereocenters. The summed E-state index contributed by atoms with van der Waals surface area (Å²) >= 11 is 0. The molecule has 21 heavy (non-hydrogen) atoms. The number of sulfone groups is 1. The van der Waals surface area contributed by atoms with Crippen molar-refractivity contribution in [2.45, 2.75) is 25.8 Å². The molecule has 1 aromatic heterocycles. The van der Waals surface area contributed by atoms with Crippen LogP contribution in [0.4, 0.5) is 5.69 Å². The first-order chi connectivity index (χ1) is 9.79. The van der Waals surface area contributed by atoms with Gasteiger partial charge in [0.1, 0.15) is 0 Å². The standard InChI is InChI=1S/C13H17N5O2S/c1-9-5-10(7-11(14)6-9)12-15-16-17-18(12)13(2)3-4-21(19,20)8-13/h5-7H,3-4,8,14H2,1-2H3. The SMILES string of the molecule is Cc1cc(N)cc(-c2nnnn2C2(C)CCS(=O)(=O)C2)c1. The highest BCUT2D eigenvalue weighted by atomic mass is 32.2. The molecule has 1 aliphatic heterocycles. The number of nitrogens with two attached hydrogens (primary N) is 1.